The van der Waals surface area contributed by atoms with E-state index in [1.807, 2.05) is 53.5 Å². The first-order chi connectivity index (χ1) is 7.33. The monoisotopic (exact) mass is 201 g/mol. The number of para-hydroxylation sites is 2. The van der Waals surface area contributed by atoms with Crippen molar-refractivity contribution in [2.75, 3.05) is 17.3 Å². The molecular weight excluding hydrogens is 186 g/mol. The van der Waals surface area contributed by atoms with E-state index >= 15 is 0 Å². The smallest absolute Gasteiger partial charge is 0.0806 e. The van der Waals surface area contributed by atoms with Gasteiger partial charge >= 0.3 is 0 Å². The fourth-order valence-corrected chi connectivity index (χ4v) is 1.67. The Hall–Kier alpha value is -1.90. The van der Waals surface area contributed by atoms with E-state index in [9.17, 15) is 0 Å². The summed E-state index contributed by atoms with van der Waals surface area (Å²) in [5.41, 5.74) is 7.79. The number of aromatic nitrogens is 1. The Morgan fingerprint density at radius 3 is 2.40 bits per heavy atom. The Balaban J connectivity index is 2.40. The van der Waals surface area contributed by atoms with Gasteiger partial charge in [-0.25, -0.2) is 0 Å². The van der Waals surface area contributed by atoms with Crippen LogP contribution in [0.3, 0.4) is 0 Å². The van der Waals surface area contributed by atoms with Gasteiger partial charge in [0, 0.05) is 18.9 Å². The van der Waals surface area contributed by atoms with Gasteiger partial charge in [-0.3, -0.25) is 9.69 Å². The number of hydrogen-bond donors (Lipinski definition) is 1. The zero-order valence-corrected chi connectivity index (χ0v) is 8.80. The molecule has 15 heavy (non-hydrogen) atoms. The molecule has 1 aromatic heterocycles. The Morgan fingerprint density at radius 2 is 1.80 bits per heavy atom. The third kappa shape index (κ3) is 1.81. The van der Waals surface area contributed by atoms with Crippen LogP contribution in [0.5, 0.6) is 0 Å². The van der Waals surface area contributed by atoms with Crippen molar-refractivity contribution in [3.63, 3.8) is 0 Å². The molecule has 0 atom stereocenters. The maximum Gasteiger partial charge on any atom is 0.0806 e. The molecule has 0 aliphatic carbocycles. The second-order valence-corrected chi connectivity index (χ2v) is 3.34. The number of nitrogens with two attached hydrogens (primary N) is 1. The largest absolute Gasteiger partial charge is 0.397 e. The Bertz CT molecular complexity index is 420. The van der Waals surface area contributed by atoms with Crippen LogP contribution in [0.2, 0.25) is 0 Å². The number of nitrogen functional groups attached to an aromatic ring is 1. The van der Waals surface area contributed by atoms with Crippen LogP contribution < -0.4 is 10.7 Å². The summed E-state index contributed by atoms with van der Waals surface area (Å²) >= 11 is 0. The highest BCUT2D eigenvalue weighted by Gasteiger charge is 2.07. The highest BCUT2D eigenvalue weighted by molar-refractivity contribution is 5.66. The predicted molar refractivity (Wildman–Crippen MR) is 63.7 cm³/mol. The number of anilines is 2. The normalized spacial score (nSPS) is 10.2. The Labute approximate surface area is 89.7 Å². The average molecular weight is 201 g/mol. The molecule has 2 aromatic rings. The lowest BCUT2D eigenvalue weighted by Gasteiger charge is -2.25. The summed E-state index contributed by atoms with van der Waals surface area (Å²) in [6.45, 7) is 2.98. The van der Waals surface area contributed by atoms with Crippen LogP contribution in [0, 0.1) is 0 Å². The molecule has 0 fully saturated rings. The van der Waals surface area contributed by atoms with E-state index in [0.29, 0.717) is 0 Å². The van der Waals surface area contributed by atoms with Crippen molar-refractivity contribution in [3.05, 3.63) is 48.8 Å². The van der Waals surface area contributed by atoms with Crippen molar-refractivity contribution in [2.45, 2.75) is 6.92 Å². The molecule has 2 rings (SSSR count). The van der Waals surface area contributed by atoms with Crippen LogP contribution in [0.1, 0.15) is 6.92 Å². The van der Waals surface area contributed by atoms with Gasteiger partial charge in [0.15, 0.2) is 0 Å². The van der Waals surface area contributed by atoms with Gasteiger partial charge in [0.05, 0.1) is 11.4 Å². The second kappa shape index (κ2) is 4.09. The molecule has 1 heterocycles. The summed E-state index contributed by atoms with van der Waals surface area (Å²) in [5, 5.41) is 2.12. The second-order valence-electron chi connectivity index (χ2n) is 3.34. The average Bonchev–Trinajstić information content (AvgIpc) is 2.75. The Kier molecular flexibility index (Phi) is 2.63. The van der Waals surface area contributed by atoms with Crippen molar-refractivity contribution < 1.29 is 0 Å². The van der Waals surface area contributed by atoms with E-state index in [4.69, 9.17) is 5.73 Å². The summed E-state index contributed by atoms with van der Waals surface area (Å²) in [7, 11) is 0. The van der Waals surface area contributed by atoms with Gasteiger partial charge in [-0.1, -0.05) is 12.1 Å². The van der Waals surface area contributed by atoms with E-state index in [1.165, 1.54) is 0 Å². The molecular formula is C12H15N3. The summed E-state index contributed by atoms with van der Waals surface area (Å²) in [4.78, 5) is 0. The minimum absolute atomic E-state index is 0.799. The molecule has 0 aliphatic heterocycles. The van der Waals surface area contributed by atoms with Crippen molar-refractivity contribution >= 4 is 11.4 Å². The molecule has 3 heteroatoms. The number of nitrogens with zero attached hydrogens (tertiary/aromatic N) is 2. The molecule has 0 radical (unpaired) electrons. The van der Waals surface area contributed by atoms with Crippen molar-refractivity contribution in [3.8, 4) is 0 Å². The molecule has 78 valence electrons. The minimum Gasteiger partial charge on any atom is -0.397 e. The third-order valence-corrected chi connectivity index (χ3v) is 2.38. The van der Waals surface area contributed by atoms with Gasteiger partial charge in [0.2, 0.25) is 0 Å². The minimum atomic E-state index is 0.799. The highest BCUT2D eigenvalue weighted by atomic mass is 15.5. The summed E-state index contributed by atoms with van der Waals surface area (Å²) in [6, 6.07) is 11.9. The zero-order chi connectivity index (χ0) is 10.7. The van der Waals surface area contributed by atoms with Gasteiger partial charge in [-0.2, -0.15) is 0 Å². The number of rotatable bonds is 3. The molecule has 0 amide bonds. The van der Waals surface area contributed by atoms with Gasteiger partial charge in [-0.05, 0) is 31.2 Å². The first-order valence-electron chi connectivity index (χ1n) is 5.08. The van der Waals surface area contributed by atoms with Crippen molar-refractivity contribution in [2.24, 2.45) is 0 Å². The van der Waals surface area contributed by atoms with Crippen molar-refractivity contribution in [1.82, 2.24) is 4.68 Å². The van der Waals surface area contributed by atoms with E-state index in [1.54, 1.807) is 0 Å². The molecule has 0 unspecified atom stereocenters. The molecule has 3 nitrogen and oxygen atoms in total. The molecule has 2 N–H and O–H groups in total. The lowest BCUT2D eigenvalue weighted by Crippen LogP contribution is -2.28. The van der Waals surface area contributed by atoms with Crippen LogP contribution in [0.15, 0.2) is 48.8 Å². The van der Waals surface area contributed by atoms with Crippen LogP contribution in [-0.2, 0) is 0 Å². The zero-order valence-electron chi connectivity index (χ0n) is 8.80. The summed E-state index contributed by atoms with van der Waals surface area (Å²) in [6.07, 6.45) is 4.02. The SMILES string of the molecule is CCN(c1ccccc1N)n1cccc1. The third-order valence-electron chi connectivity index (χ3n) is 2.38. The van der Waals surface area contributed by atoms with Crippen LogP contribution in [0.25, 0.3) is 0 Å². The maximum absolute atomic E-state index is 5.95. The molecule has 0 spiro atoms. The van der Waals surface area contributed by atoms with E-state index in [2.05, 4.69) is 11.9 Å². The van der Waals surface area contributed by atoms with Gasteiger partial charge in [-0.15, -0.1) is 0 Å². The van der Waals surface area contributed by atoms with E-state index in [-0.39, 0.29) is 0 Å². The van der Waals surface area contributed by atoms with Crippen molar-refractivity contribution in [1.29, 1.82) is 0 Å². The predicted octanol–water partition coefficient (Wildman–Crippen LogP) is 2.36. The fraction of sp³-hybridized carbons (Fsp3) is 0.167. The van der Waals surface area contributed by atoms with E-state index in [0.717, 1.165) is 17.9 Å². The highest BCUT2D eigenvalue weighted by Crippen LogP contribution is 2.22. The van der Waals surface area contributed by atoms with E-state index < -0.39 is 0 Å². The van der Waals surface area contributed by atoms with Crippen LogP contribution in [-0.4, -0.2) is 11.2 Å². The maximum atomic E-state index is 5.95. The molecule has 0 saturated heterocycles. The number of benzene rings is 1. The standard InChI is InChI=1S/C12H15N3/c1-2-15(14-9-5-6-10-14)12-8-4-3-7-11(12)13/h3-10H,2,13H2,1H3. The first kappa shape index (κ1) is 9.65. The molecule has 0 saturated carbocycles. The van der Waals surface area contributed by atoms with Crippen LogP contribution >= 0.6 is 0 Å². The molecule has 0 bridgehead atoms. The quantitative estimate of drug-likeness (QED) is 0.773. The van der Waals surface area contributed by atoms with Gasteiger partial charge < -0.3 is 5.73 Å². The summed E-state index contributed by atoms with van der Waals surface area (Å²) < 4.78 is 2.03. The fourth-order valence-electron chi connectivity index (χ4n) is 1.67. The lowest BCUT2D eigenvalue weighted by molar-refractivity contribution is 0.719. The van der Waals surface area contributed by atoms with Gasteiger partial charge in [0.25, 0.3) is 0 Å². The Morgan fingerprint density at radius 1 is 1.13 bits per heavy atom. The first-order valence-corrected chi connectivity index (χ1v) is 5.08. The topological polar surface area (TPSA) is 34.2 Å². The summed E-state index contributed by atoms with van der Waals surface area (Å²) in [5.74, 6) is 0. The van der Waals surface area contributed by atoms with Crippen LogP contribution in [0.4, 0.5) is 11.4 Å². The molecule has 0 aliphatic rings. The van der Waals surface area contributed by atoms with Gasteiger partial charge in [0.1, 0.15) is 0 Å². The molecule has 1 aromatic carbocycles. The number of hydrogen-bond acceptors (Lipinski definition) is 2. The lowest BCUT2D eigenvalue weighted by atomic mass is 10.2.